The summed E-state index contributed by atoms with van der Waals surface area (Å²) in [5.74, 6) is -0.367. The Kier molecular flexibility index (Phi) is 5.99. The summed E-state index contributed by atoms with van der Waals surface area (Å²) >= 11 is 0. The Morgan fingerprint density at radius 1 is 1.15 bits per heavy atom. The molecule has 1 saturated heterocycles. The largest absolute Gasteiger partial charge is 0.393 e. The number of hydrogen-bond acceptors (Lipinski definition) is 7. The molecule has 1 aromatic carbocycles. The predicted molar refractivity (Wildman–Crippen MR) is 127 cm³/mol. The number of H-pyrrole nitrogens is 1. The number of nitrogens with zero attached hydrogens (tertiary/aromatic N) is 5. The van der Waals surface area contributed by atoms with E-state index in [-0.39, 0.29) is 23.4 Å². The Hall–Kier alpha value is -4.13. The van der Waals surface area contributed by atoms with Crippen molar-refractivity contribution in [1.29, 1.82) is 5.26 Å². The van der Waals surface area contributed by atoms with Gasteiger partial charge in [-0.15, -0.1) is 0 Å². The number of aromatic nitrogens is 4. The van der Waals surface area contributed by atoms with E-state index in [0.717, 1.165) is 54.7 Å². The highest BCUT2D eigenvalue weighted by Crippen LogP contribution is 2.26. The quantitative estimate of drug-likeness (QED) is 0.423. The number of anilines is 1. The van der Waals surface area contributed by atoms with Crippen molar-refractivity contribution in [3.05, 3.63) is 71.9 Å². The maximum Gasteiger partial charge on any atom is 0.276 e. The summed E-state index contributed by atoms with van der Waals surface area (Å²) in [5, 5.41) is 29.2. The molecule has 4 aromatic rings. The molecule has 1 aliphatic rings. The van der Waals surface area contributed by atoms with Crippen LogP contribution in [0.4, 0.5) is 5.69 Å². The van der Waals surface area contributed by atoms with Gasteiger partial charge in [0, 0.05) is 43.0 Å². The van der Waals surface area contributed by atoms with E-state index in [1.54, 1.807) is 12.1 Å². The summed E-state index contributed by atoms with van der Waals surface area (Å²) < 4.78 is 0. The second-order valence-corrected chi connectivity index (χ2v) is 8.42. The van der Waals surface area contributed by atoms with Crippen molar-refractivity contribution in [1.82, 2.24) is 25.1 Å². The molecule has 34 heavy (non-hydrogen) atoms. The highest BCUT2D eigenvalue weighted by molar-refractivity contribution is 6.11. The average Bonchev–Trinajstić information content (AvgIpc) is 3.30. The SMILES string of the molecule is N#Cc1ccc(NC(=O)c2n[nH]c3ccc(-c4cncc(CN5CCC(O)CC5)c4)cc23)cn1. The number of rotatable bonds is 5. The molecule has 3 N–H and O–H groups in total. The molecule has 1 aliphatic heterocycles. The Labute approximate surface area is 196 Å². The van der Waals surface area contributed by atoms with Crippen molar-refractivity contribution in [3.8, 4) is 17.2 Å². The minimum absolute atomic E-state index is 0.193. The molecule has 9 heteroatoms. The smallest absolute Gasteiger partial charge is 0.276 e. The molecule has 5 rings (SSSR count). The van der Waals surface area contributed by atoms with Crippen LogP contribution in [-0.2, 0) is 6.54 Å². The van der Waals surface area contributed by atoms with Crippen LogP contribution in [0.3, 0.4) is 0 Å². The topological polar surface area (TPSA) is 131 Å². The fraction of sp³-hybridized carbons (Fsp3) is 0.240. The molecule has 3 aromatic heterocycles. The second-order valence-electron chi connectivity index (χ2n) is 8.42. The third-order valence-electron chi connectivity index (χ3n) is 6.01. The van der Waals surface area contributed by atoms with Crippen molar-refractivity contribution < 1.29 is 9.90 Å². The van der Waals surface area contributed by atoms with E-state index in [9.17, 15) is 9.90 Å². The van der Waals surface area contributed by atoms with E-state index in [1.165, 1.54) is 6.20 Å². The van der Waals surface area contributed by atoms with Crippen LogP contribution in [0.2, 0.25) is 0 Å². The van der Waals surface area contributed by atoms with E-state index < -0.39 is 0 Å². The number of nitriles is 1. The minimum Gasteiger partial charge on any atom is -0.393 e. The maximum absolute atomic E-state index is 12.9. The van der Waals surface area contributed by atoms with E-state index in [4.69, 9.17) is 5.26 Å². The van der Waals surface area contributed by atoms with Crippen LogP contribution in [-0.4, -0.2) is 55.3 Å². The molecule has 0 atom stereocenters. The van der Waals surface area contributed by atoms with Crippen LogP contribution in [0.1, 0.15) is 34.6 Å². The molecule has 0 unspecified atom stereocenters. The number of nitrogens with one attached hydrogen (secondary N) is 2. The van der Waals surface area contributed by atoms with Gasteiger partial charge in [0.15, 0.2) is 5.69 Å². The number of aliphatic hydroxyl groups excluding tert-OH is 1. The van der Waals surface area contributed by atoms with E-state index in [2.05, 4.69) is 36.4 Å². The molecular weight excluding hydrogens is 430 g/mol. The van der Waals surface area contributed by atoms with Gasteiger partial charge in [0.2, 0.25) is 0 Å². The number of carbonyl (C=O) groups is 1. The third-order valence-corrected chi connectivity index (χ3v) is 6.01. The standard InChI is InChI=1S/C25H23N7O2/c26-11-19-2-3-20(14-28-19)29-25(34)24-22-10-17(1-4-23(22)30-31-24)18-9-16(12-27-13-18)15-32-7-5-21(33)6-8-32/h1-4,9-10,12-14,21,33H,5-8,15H2,(H,29,34)(H,30,31). The number of piperidine rings is 1. The zero-order valence-corrected chi connectivity index (χ0v) is 18.4. The number of amides is 1. The Morgan fingerprint density at radius 3 is 2.76 bits per heavy atom. The number of hydrogen-bond donors (Lipinski definition) is 3. The van der Waals surface area contributed by atoms with Crippen LogP contribution in [0.5, 0.6) is 0 Å². The molecule has 0 aliphatic carbocycles. The first kappa shape index (κ1) is 21.7. The monoisotopic (exact) mass is 453 g/mol. The zero-order valence-electron chi connectivity index (χ0n) is 18.4. The Bertz CT molecular complexity index is 1370. The van der Waals surface area contributed by atoms with Gasteiger partial charge in [0.05, 0.1) is 23.5 Å². The van der Waals surface area contributed by atoms with Gasteiger partial charge in [-0.25, -0.2) is 4.98 Å². The van der Waals surface area contributed by atoms with Crippen molar-refractivity contribution in [2.45, 2.75) is 25.5 Å². The van der Waals surface area contributed by atoms with Crippen LogP contribution < -0.4 is 5.32 Å². The van der Waals surface area contributed by atoms with Gasteiger partial charge in [-0.3, -0.25) is 19.8 Å². The maximum atomic E-state index is 12.9. The highest BCUT2D eigenvalue weighted by atomic mass is 16.3. The van der Waals surface area contributed by atoms with E-state index in [1.807, 2.05) is 36.7 Å². The van der Waals surface area contributed by atoms with Crippen LogP contribution >= 0.6 is 0 Å². The lowest BCUT2D eigenvalue weighted by Crippen LogP contribution is -2.35. The zero-order chi connectivity index (χ0) is 23.5. The van der Waals surface area contributed by atoms with Gasteiger partial charge < -0.3 is 10.4 Å². The average molecular weight is 454 g/mol. The Balaban J connectivity index is 1.37. The molecule has 4 heterocycles. The molecule has 0 saturated carbocycles. The molecule has 9 nitrogen and oxygen atoms in total. The lowest BCUT2D eigenvalue weighted by molar-refractivity contribution is 0.0792. The molecule has 0 spiro atoms. The first-order valence-electron chi connectivity index (χ1n) is 11.1. The van der Waals surface area contributed by atoms with Gasteiger partial charge in [0.1, 0.15) is 11.8 Å². The summed E-state index contributed by atoms with van der Waals surface area (Å²) in [7, 11) is 0. The van der Waals surface area contributed by atoms with E-state index >= 15 is 0 Å². The van der Waals surface area contributed by atoms with Gasteiger partial charge in [-0.2, -0.15) is 10.4 Å². The molecule has 1 amide bonds. The lowest BCUT2D eigenvalue weighted by Gasteiger charge is -2.29. The number of aromatic amines is 1. The number of likely N-dealkylation sites (tertiary alicyclic amines) is 1. The molecule has 0 radical (unpaired) electrons. The fourth-order valence-corrected chi connectivity index (χ4v) is 4.16. The van der Waals surface area contributed by atoms with Crippen molar-refractivity contribution in [2.75, 3.05) is 18.4 Å². The van der Waals surface area contributed by atoms with Gasteiger partial charge >= 0.3 is 0 Å². The number of carbonyl (C=O) groups excluding carboxylic acids is 1. The van der Waals surface area contributed by atoms with Crippen LogP contribution in [0.15, 0.2) is 55.0 Å². The summed E-state index contributed by atoms with van der Waals surface area (Å²) in [6.07, 6.45) is 6.53. The van der Waals surface area contributed by atoms with Crippen LogP contribution in [0, 0.1) is 11.3 Å². The first-order chi connectivity index (χ1) is 16.6. The predicted octanol–water partition coefficient (Wildman–Crippen LogP) is 3.10. The first-order valence-corrected chi connectivity index (χ1v) is 11.1. The highest BCUT2D eigenvalue weighted by Gasteiger charge is 2.18. The van der Waals surface area contributed by atoms with Gasteiger partial charge in [0.25, 0.3) is 5.91 Å². The molecule has 170 valence electrons. The number of aliphatic hydroxyl groups is 1. The summed E-state index contributed by atoms with van der Waals surface area (Å²) in [5.41, 5.74) is 4.79. The minimum atomic E-state index is -0.367. The summed E-state index contributed by atoms with van der Waals surface area (Å²) in [4.78, 5) is 23.6. The number of fused-ring (bicyclic) bond motifs is 1. The van der Waals surface area contributed by atoms with E-state index in [0.29, 0.717) is 11.1 Å². The summed E-state index contributed by atoms with van der Waals surface area (Å²) in [6.45, 7) is 2.53. The normalized spacial score (nSPS) is 14.7. The van der Waals surface area contributed by atoms with Crippen LogP contribution in [0.25, 0.3) is 22.0 Å². The second kappa shape index (κ2) is 9.39. The molecular formula is C25H23N7O2. The third kappa shape index (κ3) is 4.64. The fourth-order valence-electron chi connectivity index (χ4n) is 4.16. The van der Waals surface area contributed by atoms with Crippen molar-refractivity contribution in [3.63, 3.8) is 0 Å². The summed E-state index contributed by atoms with van der Waals surface area (Å²) in [6, 6.07) is 13.0. The molecule has 0 bridgehead atoms. The van der Waals surface area contributed by atoms with Crippen molar-refractivity contribution >= 4 is 22.5 Å². The lowest BCUT2D eigenvalue weighted by atomic mass is 10.0. The molecule has 1 fully saturated rings. The van der Waals surface area contributed by atoms with Gasteiger partial charge in [-0.1, -0.05) is 6.07 Å². The Morgan fingerprint density at radius 2 is 2.00 bits per heavy atom. The van der Waals surface area contributed by atoms with Crippen molar-refractivity contribution in [2.24, 2.45) is 0 Å². The number of benzene rings is 1. The van der Waals surface area contributed by atoms with Gasteiger partial charge in [-0.05, 0) is 54.3 Å². The number of pyridine rings is 2.